The average Bonchev–Trinajstić information content (AvgIpc) is 3.08. The second-order valence-electron chi connectivity index (χ2n) is 4.54. The van der Waals surface area contributed by atoms with Crippen LogP contribution >= 0.6 is 11.3 Å². The molecule has 0 fully saturated rings. The highest BCUT2D eigenvalue weighted by atomic mass is 32.1. The molecule has 3 rings (SSSR count). The Morgan fingerprint density at radius 2 is 2.00 bits per heavy atom. The zero-order chi connectivity index (χ0) is 15.5. The number of pyridine rings is 1. The number of rotatable bonds is 3. The Morgan fingerprint density at radius 1 is 1.23 bits per heavy atom. The van der Waals surface area contributed by atoms with E-state index >= 15 is 0 Å². The Kier molecular flexibility index (Phi) is 3.86. The minimum absolute atomic E-state index is 0.271. The van der Waals surface area contributed by atoms with Crippen LogP contribution in [0.2, 0.25) is 0 Å². The molecule has 3 aromatic rings. The van der Waals surface area contributed by atoms with Crippen molar-refractivity contribution in [1.82, 2.24) is 4.98 Å². The summed E-state index contributed by atoms with van der Waals surface area (Å²) in [6.45, 7) is 0. The summed E-state index contributed by atoms with van der Waals surface area (Å²) in [4.78, 5) is 5.38. The predicted octanol–water partition coefficient (Wildman–Crippen LogP) is 4.50. The van der Waals surface area contributed by atoms with Gasteiger partial charge < -0.3 is 4.74 Å². The fourth-order valence-electron chi connectivity index (χ4n) is 2.19. The van der Waals surface area contributed by atoms with Gasteiger partial charge in [0, 0.05) is 5.56 Å². The average molecular weight is 310 g/mol. The quantitative estimate of drug-likeness (QED) is 0.715. The number of nitriles is 1. The van der Waals surface area contributed by atoms with Crippen molar-refractivity contribution in [3.8, 4) is 33.6 Å². The molecule has 0 aliphatic rings. The van der Waals surface area contributed by atoms with Crippen molar-refractivity contribution in [2.24, 2.45) is 0 Å². The van der Waals surface area contributed by atoms with E-state index in [2.05, 4.69) is 11.1 Å². The van der Waals surface area contributed by atoms with Gasteiger partial charge in [-0.25, -0.2) is 9.37 Å². The van der Waals surface area contributed by atoms with Crippen molar-refractivity contribution in [2.75, 3.05) is 7.11 Å². The molecule has 0 amide bonds. The van der Waals surface area contributed by atoms with Gasteiger partial charge in [-0.1, -0.05) is 18.2 Å². The van der Waals surface area contributed by atoms with Crippen LogP contribution in [-0.2, 0) is 0 Å². The number of ether oxygens (including phenoxy) is 1. The maximum absolute atomic E-state index is 13.1. The molecule has 0 saturated heterocycles. The third kappa shape index (κ3) is 2.57. The molecule has 0 radical (unpaired) electrons. The molecule has 2 aromatic heterocycles. The van der Waals surface area contributed by atoms with Crippen LogP contribution in [0.4, 0.5) is 4.39 Å². The first-order valence-corrected chi connectivity index (χ1v) is 7.40. The Balaban J connectivity index is 2.25. The number of nitrogens with zero attached hydrogens (tertiary/aromatic N) is 2. The lowest BCUT2D eigenvalue weighted by atomic mass is 10.0. The molecule has 3 nitrogen and oxygen atoms in total. The first-order chi connectivity index (χ1) is 10.7. The summed E-state index contributed by atoms with van der Waals surface area (Å²) in [5.74, 6) is -0.0468. The monoisotopic (exact) mass is 310 g/mol. The van der Waals surface area contributed by atoms with E-state index in [4.69, 9.17) is 4.74 Å². The Hall–Kier alpha value is -2.71. The molecule has 5 heteroatoms. The molecule has 2 heterocycles. The van der Waals surface area contributed by atoms with Crippen LogP contribution in [0.3, 0.4) is 0 Å². The van der Waals surface area contributed by atoms with Crippen LogP contribution in [0.15, 0.2) is 47.8 Å². The van der Waals surface area contributed by atoms with Crippen molar-refractivity contribution >= 4 is 11.3 Å². The van der Waals surface area contributed by atoms with Crippen LogP contribution in [0, 0.1) is 17.1 Å². The highest BCUT2D eigenvalue weighted by molar-refractivity contribution is 7.13. The lowest BCUT2D eigenvalue weighted by Crippen LogP contribution is -1.97. The molecule has 0 saturated carbocycles. The van der Waals surface area contributed by atoms with Crippen LogP contribution in [-0.4, -0.2) is 12.1 Å². The van der Waals surface area contributed by atoms with Crippen molar-refractivity contribution < 1.29 is 9.13 Å². The van der Waals surface area contributed by atoms with Gasteiger partial charge in [0.25, 0.3) is 0 Å². The van der Waals surface area contributed by atoms with E-state index in [0.29, 0.717) is 11.1 Å². The highest BCUT2D eigenvalue weighted by Crippen LogP contribution is 2.34. The molecule has 0 bridgehead atoms. The van der Waals surface area contributed by atoms with Gasteiger partial charge in [-0.3, -0.25) is 0 Å². The topological polar surface area (TPSA) is 45.9 Å². The second kappa shape index (κ2) is 5.96. The molecular formula is C17H11FN2OS. The summed E-state index contributed by atoms with van der Waals surface area (Å²) in [6, 6.07) is 13.9. The highest BCUT2D eigenvalue weighted by Gasteiger charge is 2.16. The van der Waals surface area contributed by atoms with Gasteiger partial charge in [-0.2, -0.15) is 5.26 Å². The largest absolute Gasteiger partial charge is 0.480 e. The van der Waals surface area contributed by atoms with Crippen LogP contribution in [0.25, 0.3) is 21.7 Å². The molecule has 0 unspecified atom stereocenters. The third-order valence-electron chi connectivity index (χ3n) is 3.22. The number of thiophene rings is 1. The number of benzene rings is 1. The number of hydrogen-bond acceptors (Lipinski definition) is 4. The summed E-state index contributed by atoms with van der Waals surface area (Å²) in [7, 11) is 1.48. The molecule has 0 aliphatic carbocycles. The summed E-state index contributed by atoms with van der Waals surface area (Å²) >= 11 is 1.55. The normalized spacial score (nSPS) is 10.2. The first kappa shape index (κ1) is 14.2. The maximum atomic E-state index is 13.1. The van der Waals surface area contributed by atoms with Crippen LogP contribution < -0.4 is 4.74 Å². The van der Waals surface area contributed by atoms with Crippen LogP contribution in [0.1, 0.15) is 5.56 Å². The van der Waals surface area contributed by atoms with Gasteiger partial charge in [0.05, 0.1) is 17.7 Å². The van der Waals surface area contributed by atoms with Gasteiger partial charge in [0.2, 0.25) is 5.88 Å². The minimum atomic E-state index is -0.318. The molecule has 0 aliphatic heterocycles. The SMILES string of the molecule is COc1nc(-c2cccs2)cc(-c2ccc(F)cc2)c1C#N. The van der Waals surface area contributed by atoms with Gasteiger partial charge in [-0.05, 0) is 35.2 Å². The van der Waals surface area contributed by atoms with E-state index in [-0.39, 0.29) is 11.7 Å². The molecule has 0 spiro atoms. The van der Waals surface area contributed by atoms with E-state index in [0.717, 1.165) is 16.1 Å². The number of aromatic nitrogens is 1. The number of halogens is 1. The van der Waals surface area contributed by atoms with Gasteiger partial charge in [-0.15, -0.1) is 11.3 Å². The van der Waals surface area contributed by atoms with E-state index in [1.807, 2.05) is 23.6 Å². The van der Waals surface area contributed by atoms with E-state index in [9.17, 15) is 9.65 Å². The second-order valence-corrected chi connectivity index (χ2v) is 5.48. The van der Waals surface area contributed by atoms with Gasteiger partial charge in [0.1, 0.15) is 17.4 Å². The van der Waals surface area contributed by atoms with Gasteiger partial charge >= 0.3 is 0 Å². The molecule has 0 atom stereocenters. The number of methoxy groups -OCH3 is 1. The Labute approximate surface area is 131 Å². The molecule has 0 N–H and O–H groups in total. The Bertz CT molecular complexity index is 836. The fraction of sp³-hybridized carbons (Fsp3) is 0.0588. The standard InChI is InChI=1S/C17H11FN2OS/c1-21-17-14(10-19)13(11-4-6-12(18)7-5-11)9-15(20-17)16-3-2-8-22-16/h2-9H,1H3. The smallest absolute Gasteiger partial charge is 0.232 e. The van der Waals surface area contributed by atoms with E-state index < -0.39 is 0 Å². The Morgan fingerprint density at radius 3 is 2.59 bits per heavy atom. The minimum Gasteiger partial charge on any atom is -0.480 e. The maximum Gasteiger partial charge on any atom is 0.232 e. The third-order valence-corrected chi connectivity index (χ3v) is 4.11. The fourth-order valence-corrected chi connectivity index (χ4v) is 2.87. The van der Waals surface area contributed by atoms with E-state index in [1.165, 1.54) is 19.2 Å². The summed E-state index contributed by atoms with van der Waals surface area (Å²) in [5.41, 5.74) is 2.49. The molecule has 1 aromatic carbocycles. The molecule has 22 heavy (non-hydrogen) atoms. The van der Waals surface area contributed by atoms with Gasteiger partial charge in [0.15, 0.2) is 0 Å². The van der Waals surface area contributed by atoms with Crippen LogP contribution in [0.5, 0.6) is 5.88 Å². The van der Waals surface area contributed by atoms with Crippen molar-refractivity contribution in [3.05, 3.63) is 59.2 Å². The van der Waals surface area contributed by atoms with E-state index in [1.54, 1.807) is 23.5 Å². The number of hydrogen-bond donors (Lipinski definition) is 0. The lowest BCUT2D eigenvalue weighted by Gasteiger charge is -2.10. The summed E-state index contributed by atoms with van der Waals surface area (Å²) in [6.07, 6.45) is 0. The zero-order valence-electron chi connectivity index (χ0n) is 11.7. The van der Waals surface area contributed by atoms with Crippen molar-refractivity contribution in [1.29, 1.82) is 5.26 Å². The zero-order valence-corrected chi connectivity index (χ0v) is 12.5. The summed E-state index contributed by atoms with van der Waals surface area (Å²) < 4.78 is 18.4. The first-order valence-electron chi connectivity index (χ1n) is 6.52. The molecule has 108 valence electrons. The van der Waals surface area contributed by atoms with Crippen molar-refractivity contribution in [2.45, 2.75) is 0 Å². The summed E-state index contributed by atoms with van der Waals surface area (Å²) in [5, 5.41) is 11.4. The predicted molar refractivity (Wildman–Crippen MR) is 84.2 cm³/mol. The van der Waals surface area contributed by atoms with Crippen molar-refractivity contribution in [3.63, 3.8) is 0 Å². The lowest BCUT2D eigenvalue weighted by molar-refractivity contribution is 0.397. The molecular weight excluding hydrogens is 299 g/mol.